The van der Waals surface area contributed by atoms with Crippen molar-refractivity contribution >= 4 is 28.3 Å². The van der Waals surface area contributed by atoms with Crippen LogP contribution in [0.4, 0.5) is 9.80 Å². The molecule has 3 rings (SSSR count). The number of hydrogen-bond donors (Lipinski definition) is 2. The summed E-state index contributed by atoms with van der Waals surface area (Å²) in [6, 6.07) is -0.237. The van der Waals surface area contributed by atoms with Gasteiger partial charge in [-0.3, -0.25) is 5.32 Å². The first-order valence-electron chi connectivity index (χ1n) is 7.00. The van der Waals surface area contributed by atoms with Gasteiger partial charge in [-0.15, -0.1) is 11.3 Å². The van der Waals surface area contributed by atoms with Gasteiger partial charge in [0.25, 0.3) is 0 Å². The number of likely N-dealkylation sites (tertiary alicyclic amines) is 1. The Kier molecular flexibility index (Phi) is 3.62. The summed E-state index contributed by atoms with van der Waals surface area (Å²) in [7, 11) is 0. The van der Waals surface area contributed by atoms with Gasteiger partial charge in [0.15, 0.2) is 0 Å². The van der Waals surface area contributed by atoms with Crippen molar-refractivity contribution in [2.75, 3.05) is 18.4 Å². The molecule has 6 nitrogen and oxygen atoms in total. The number of rotatable bonds is 2. The molecule has 2 aliphatic rings. The zero-order valence-electron chi connectivity index (χ0n) is 12.0. The summed E-state index contributed by atoms with van der Waals surface area (Å²) in [4.78, 5) is 26.3. The van der Waals surface area contributed by atoms with Crippen molar-refractivity contribution in [2.45, 2.75) is 38.9 Å². The Morgan fingerprint density at radius 1 is 1.29 bits per heavy atom. The van der Waals surface area contributed by atoms with Crippen molar-refractivity contribution in [3.05, 3.63) is 16.0 Å². The standard InChI is InChI=1S/C14H18N2O4S/c1-7-8(2)21-12(11(7)13(17)18)15-14(19)16-5-9-3-4-10(6-16)20-9/h9-10H,3-6H2,1-2H3,(H,15,19)(H,17,18). The number of fused-ring (bicyclic) bond motifs is 2. The monoisotopic (exact) mass is 310 g/mol. The smallest absolute Gasteiger partial charge is 0.338 e. The first-order chi connectivity index (χ1) is 9.95. The molecule has 0 saturated carbocycles. The fourth-order valence-electron chi connectivity index (χ4n) is 2.93. The zero-order chi connectivity index (χ0) is 15.1. The molecule has 1 aromatic heterocycles. The maximum absolute atomic E-state index is 12.4. The molecular weight excluding hydrogens is 292 g/mol. The van der Waals surface area contributed by atoms with Crippen LogP contribution in [0.1, 0.15) is 33.6 Å². The number of nitrogens with zero attached hydrogens (tertiary/aromatic N) is 1. The first kappa shape index (κ1) is 14.3. The number of thiophene rings is 1. The second kappa shape index (κ2) is 5.31. The Balaban J connectivity index is 1.76. The number of morpholine rings is 1. The highest BCUT2D eigenvalue weighted by molar-refractivity contribution is 7.16. The number of aryl methyl sites for hydroxylation is 1. The van der Waals surface area contributed by atoms with Crippen LogP contribution >= 0.6 is 11.3 Å². The molecular formula is C14H18N2O4S. The number of carboxylic acid groups (broad SMARTS) is 1. The van der Waals surface area contributed by atoms with E-state index >= 15 is 0 Å². The van der Waals surface area contributed by atoms with Crippen LogP contribution in [0, 0.1) is 13.8 Å². The van der Waals surface area contributed by atoms with Gasteiger partial charge in [0.05, 0.1) is 17.8 Å². The van der Waals surface area contributed by atoms with Crippen molar-refractivity contribution in [1.29, 1.82) is 0 Å². The molecule has 2 unspecified atom stereocenters. The number of nitrogens with one attached hydrogen (secondary N) is 1. The highest BCUT2D eigenvalue weighted by Crippen LogP contribution is 2.33. The quantitative estimate of drug-likeness (QED) is 0.879. The highest BCUT2D eigenvalue weighted by Gasteiger charge is 2.36. The zero-order valence-corrected chi connectivity index (χ0v) is 12.8. The maximum atomic E-state index is 12.4. The van der Waals surface area contributed by atoms with Gasteiger partial charge in [0.1, 0.15) is 5.00 Å². The molecule has 0 aromatic carbocycles. The van der Waals surface area contributed by atoms with Gasteiger partial charge in [0, 0.05) is 18.0 Å². The molecule has 114 valence electrons. The average Bonchev–Trinajstić information content (AvgIpc) is 2.89. The SMILES string of the molecule is Cc1sc(NC(=O)N2CC3CCC(C2)O3)c(C(=O)O)c1C. The number of anilines is 1. The highest BCUT2D eigenvalue weighted by atomic mass is 32.1. The summed E-state index contributed by atoms with van der Waals surface area (Å²) < 4.78 is 5.70. The predicted molar refractivity (Wildman–Crippen MR) is 79.2 cm³/mol. The van der Waals surface area contributed by atoms with Gasteiger partial charge >= 0.3 is 12.0 Å². The van der Waals surface area contributed by atoms with E-state index in [1.165, 1.54) is 11.3 Å². The number of urea groups is 1. The molecule has 2 aliphatic heterocycles. The number of carbonyl (C=O) groups is 2. The molecule has 0 aliphatic carbocycles. The largest absolute Gasteiger partial charge is 0.478 e. The van der Waals surface area contributed by atoms with Crippen LogP contribution in [0.2, 0.25) is 0 Å². The van der Waals surface area contributed by atoms with Gasteiger partial charge < -0.3 is 14.7 Å². The van der Waals surface area contributed by atoms with Crippen LogP contribution in [0.3, 0.4) is 0 Å². The molecule has 2 atom stereocenters. The Morgan fingerprint density at radius 3 is 2.48 bits per heavy atom. The first-order valence-corrected chi connectivity index (χ1v) is 7.82. The van der Waals surface area contributed by atoms with Gasteiger partial charge in [0.2, 0.25) is 0 Å². The fourth-order valence-corrected chi connectivity index (χ4v) is 3.97. The number of hydrogen-bond acceptors (Lipinski definition) is 4. The minimum Gasteiger partial charge on any atom is -0.478 e. The van der Waals surface area contributed by atoms with E-state index < -0.39 is 5.97 Å². The van der Waals surface area contributed by atoms with Crippen molar-refractivity contribution in [1.82, 2.24) is 4.90 Å². The Hall–Kier alpha value is -1.60. The lowest BCUT2D eigenvalue weighted by atomic mass is 10.1. The minimum absolute atomic E-state index is 0.125. The van der Waals surface area contributed by atoms with E-state index in [4.69, 9.17) is 4.74 Å². The molecule has 21 heavy (non-hydrogen) atoms. The average molecular weight is 310 g/mol. The fraction of sp³-hybridized carbons (Fsp3) is 0.571. The lowest BCUT2D eigenvalue weighted by Gasteiger charge is -2.32. The molecule has 3 heterocycles. The van der Waals surface area contributed by atoms with E-state index in [0.29, 0.717) is 23.7 Å². The Labute approximate surface area is 126 Å². The summed E-state index contributed by atoms with van der Waals surface area (Å²) in [6.45, 7) is 4.78. The van der Waals surface area contributed by atoms with Crippen LogP contribution < -0.4 is 5.32 Å². The second-order valence-electron chi connectivity index (χ2n) is 5.59. The van der Waals surface area contributed by atoms with Crippen LogP contribution in [-0.2, 0) is 4.74 Å². The van der Waals surface area contributed by atoms with Gasteiger partial charge in [-0.25, -0.2) is 9.59 Å². The molecule has 2 amide bonds. The maximum Gasteiger partial charge on any atom is 0.338 e. The van der Waals surface area contributed by atoms with Gasteiger partial charge in [-0.05, 0) is 32.3 Å². The van der Waals surface area contributed by atoms with E-state index in [1.54, 1.807) is 11.8 Å². The van der Waals surface area contributed by atoms with E-state index in [9.17, 15) is 14.7 Å². The van der Waals surface area contributed by atoms with Crippen molar-refractivity contribution in [2.24, 2.45) is 0 Å². The summed E-state index contributed by atoms with van der Waals surface area (Å²) >= 11 is 1.31. The van der Waals surface area contributed by atoms with Gasteiger partial charge in [-0.1, -0.05) is 0 Å². The van der Waals surface area contributed by atoms with Crippen molar-refractivity contribution in [3.8, 4) is 0 Å². The minimum atomic E-state index is -1.01. The lowest BCUT2D eigenvalue weighted by molar-refractivity contribution is -0.0219. The molecule has 2 N–H and O–H groups in total. The van der Waals surface area contributed by atoms with Crippen LogP contribution in [0.15, 0.2) is 0 Å². The summed E-state index contributed by atoms with van der Waals surface area (Å²) in [6.07, 6.45) is 2.23. The van der Waals surface area contributed by atoms with E-state index in [-0.39, 0.29) is 23.8 Å². The molecule has 7 heteroatoms. The molecule has 1 aromatic rings. The molecule has 0 radical (unpaired) electrons. The Bertz CT molecular complexity index is 586. The molecule has 2 saturated heterocycles. The van der Waals surface area contributed by atoms with Crippen molar-refractivity contribution in [3.63, 3.8) is 0 Å². The summed E-state index contributed by atoms with van der Waals surface area (Å²) in [5.41, 5.74) is 0.909. The van der Waals surface area contributed by atoms with Crippen molar-refractivity contribution < 1.29 is 19.4 Å². The van der Waals surface area contributed by atoms with Crippen LogP contribution in [0.25, 0.3) is 0 Å². The number of amides is 2. The number of ether oxygens (including phenoxy) is 1. The summed E-state index contributed by atoms with van der Waals surface area (Å²) in [5, 5.41) is 12.5. The third kappa shape index (κ3) is 2.63. The predicted octanol–water partition coefficient (Wildman–Crippen LogP) is 2.46. The number of carbonyl (C=O) groups excluding carboxylic acids is 1. The summed E-state index contributed by atoms with van der Waals surface area (Å²) in [5.74, 6) is -1.01. The Morgan fingerprint density at radius 2 is 1.90 bits per heavy atom. The third-order valence-electron chi connectivity index (χ3n) is 4.15. The van der Waals surface area contributed by atoms with E-state index in [2.05, 4.69) is 5.32 Å². The third-order valence-corrected chi connectivity index (χ3v) is 5.27. The van der Waals surface area contributed by atoms with E-state index in [0.717, 1.165) is 17.7 Å². The van der Waals surface area contributed by atoms with Crippen LogP contribution in [-0.4, -0.2) is 47.3 Å². The lowest BCUT2D eigenvalue weighted by Crippen LogP contribution is -2.47. The van der Waals surface area contributed by atoms with Crippen LogP contribution in [0.5, 0.6) is 0 Å². The number of carboxylic acids is 1. The molecule has 2 fully saturated rings. The second-order valence-corrected chi connectivity index (χ2v) is 6.81. The normalized spacial score (nSPS) is 24.2. The number of aromatic carboxylic acids is 1. The topological polar surface area (TPSA) is 78.9 Å². The van der Waals surface area contributed by atoms with Gasteiger partial charge in [-0.2, -0.15) is 0 Å². The molecule has 0 spiro atoms. The molecule has 2 bridgehead atoms. The van der Waals surface area contributed by atoms with E-state index in [1.807, 2.05) is 6.92 Å².